The highest BCUT2D eigenvalue weighted by Crippen LogP contribution is 2.10. The van der Waals surface area contributed by atoms with Crippen molar-refractivity contribution in [3.05, 3.63) is 33.5 Å². The predicted octanol–water partition coefficient (Wildman–Crippen LogP) is 0.0781. The Morgan fingerprint density at radius 2 is 1.87 bits per heavy atom. The van der Waals surface area contributed by atoms with E-state index in [9.17, 15) is 10.1 Å². The first kappa shape index (κ1) is 13.5. The lowest BCUT2D eigenvalue weighted by atomic mass is 10.2. The van der Waals surface area contributed by atoms with Crippen molar-refractivity contribution in [2.45, 2.75) is 13.8 Å². The van der Waals surface area contributed by atoms with Gasteiger partial charge in [-0.15, -0.1) is 0 Å². The van der Waals surface area contributed by atoms with Crippen LogP contribution in [0.2, 0.25) is 0 Å². The van der Waals surface area contributed by atoms with Crippen LogP contribution in [0, 0.1) is 24.0 Å². The molecule has 15 heavy (non-hydrogen) atoms. The van der Waals surface area contributed by atoms with Gasteiger partial charge < -0.3 is 10.1 Å². The molecular formula is C7H11N3O4S. The topological polar surface area (TPSA) is 116 Å². The highest BCUT2D eigenvalue weighted by Gasteiger charge is 2.07. The fourth-order valence-corrected chi connectivity index (χ4v) is 0.719. The van der Waals surface area contributed by atoms with Crippen LogP contribution in [0.15, 0.2) is 12.1 Å². The first-order valence-electron chi connectivity index (χ1n) is 3.82. The third-order valence-corrected chi connectivity index (χ3v) is 1.52. The second kappa shape index (κ2) is 6.04. The Kier molecular flexibility index (Phi) is 5.42. The molecule has 2 N–H and O–H groups in total. The third kappa shape index (κ3) is 5.70. The molecule has 0 saturated carbocycles. The molecule has 0 aromatic carbocycles. The molecule has 0 aliphatic rings. The van der Waals surface area contributed by atoms with Crippen LogP contribution in [0.25, 0.3) is 0 Å². The third-order valence-electron chi connectivity index (χ3n) is 1.52. The summed E-state index contributed by atoms with van der Waals surface area (Å²) in [5.41, 5.74) is 1.68. The minimum Gasteiger partial charge on any atom is -0.358 e. The van der Waals surface area contributed by atoms with E-state index in [1.807, 2.05) is 6.92 Å². The number of aryl methyl sites for hydroxylation is 2. The van der Waals surface area contributed by atoms with Gasteiger partial charge in [-0.2, -0.15) is 0 Å². The largest absolute Gasteiger partial charge is 0.363 e. The normalized spacial score (nSPS) is 9.33. The van der Waals surface area contributed by atoms with Crippen molar-refractivity contribution in [1.82, 2.24) is 4.98 Å². The van der Waals surface area contributed by atoms with Crippen LogP contribution in [0.5, 0.6) is 0 Å². The zero-order valence-electron chi connectivity index (χ0n) is 8.21. The van der Waals surface area contributed by atoms with Crippen molar-refractivity contribution in [3.8, 4) is 0 Å². The summed E-state index contributed by atoms with van der Waals surface area (Å²) in [6, 6.07) is 3.10. The van der Waals surface area contributed by atoms with Gasteiger partial charge in [0.2, 0.25) is 0 Å². The summed E-state index contributed by atoms with van der Waals surface area (Å²) in [6.45, 7) is 3.62. The van der Waals surface area contributed by atoms with Crippen LogP contribution in [-0.4, -0.2) is 18.3 Å². The summed E-state index contributed by atoms with van der Waals surface area (Å²) >= 11 is 0. The Morgan fingerprint density at radius 3 is 2.20 bits per heavy atom. The van der Waals surface area contributed by atoms with E-state index in [1.54, 1.807) is 13.0 Å². The number of hydrogen-bond donors (Lipinski definition) is 2. The van der Waals surface area contributed by atoms with Gasteiger partial charge in [-0.1, -0.05) is 0 Å². The van der Waals surface area contributed by atoms with E-state index < -0.39 is 15.8 Å². The molecule has 0 aliphatic heterocycles. The average molecular weight is 233 g/mol. The van der Waals surface area contributed by atoms with Gasteiger partial charge in [0.1, 0.15) is 0 Å². The molecule has 0 amide bonds. The molecule has 8 heteroatoms. The molecule has 0 unspecified atom stereocenters. The summed E-state index contributed by atoms with van der Waals surface area (Å²) in [5, 5.41) is 14.3. The monoisotopic (exact) mass is 233 g/mol. The van der Waals surface area contributed by atoms with Gasteiger partial charge in [-0.3, -0.25) is 0 Å². The number of pyridine rings is 1. The Bertz CT molecular complexity index is 422. The van der Waals surface area contributed by atoms with Gasteiger partial charge in [0.05, 0.1) is 0 Å². The van der Waals surface area contributed by atoms with Gasteiger partial charge in [0.15, 0.2) is 16.6 Å². The molecular weight excluding hydrogens is 222 g/mol. The molecule has 0 spiro atoms. The maximum atomic E-state index is 10.2. The van der Waals surface area contributed by atoms with Crippen molar-refractivity contribution in [1.29, 1.82) is 0 Å². The quantitative estimate of drug-likeness (QED) is 0.404. The molecule has 7 nitrogen and oxygen atoms in total. The fourth-order valence-electron chi connectivity index (χ4n) is 0.719. The van der Waals surface area contributed by atoms with E-state index >= 15 is 0 Å². The van der Waals surface area contributed by atoms with Crippen molar-refractivity contribution in [2.75, 3.05) is 0 Å². The lowest BCUT2D eigenvalue weighted by Crippen LogP contribution is -1.94. The fraction of sp³-hybridized carbons (Fsp3) is 0.286. The average Bonchev–Trinajstić information content (AvgIpc) is 2.08. The number of aromatic nitrogens is 1. The van der Waals surface area contributed by atoms with Crippen molar-refractivity contribution in [3.63, 3.8) is 0 Å². The Hall–Kier alpha value is -1.54. The smallest absolute Gasteiger partial charge is 0.358 e. The van der Waals surface area contributed by atoms with Gasteiger partial charge in [-0.25, -0.2) is 13.6 Å². The highest BCUT2D eigenvalue weighted by atomic mass is 32.2. The molecule has 0 radical (unpaired) electrons. The second-order valence-electron chi connectivity index (χ2n) is 2.61. The lowest BCUT2D eigenvalue weighted by Gasteiger charge is -1.94. The molecule has 0 bridgehead atoms. The van der Waals surface area contributed by atoms with Gasteiger partial charge >= 0.3 is 5.82 Å². The number of thiol groups is 1. The van der Waals surface area contributed by atoms with Gasteiger partial charge in [-0.05, 0) is 28.5 Å². The van der Waals surface area contributed by atoms with E-state index in [2.05, 4.69) is 10.1 Å². The summed E-state index contributed by atoms with van der Waals surface area (Å²) in [7, 11) is -2.62. The van der Waals surface area contributed by atoms with Crippen molar-refractivity contribution >= 4 is 16.7 Å². The minimum atomic E-state index is -2.62. The van der Waals surface area contributed by atoms with Crippen molar-refractivity contribution in [2.24, 2.45) is 5.14 Å². The predicted molar refractivity (Wildman–Crippen MR) is 54.9 cm³/mol. The Labute approximate surface area is 88.2 Å². The van der Waals surface area contributed by atoms with Gasteiger partial charge in [0, 0.05) is 13.0 Å². The van der Waals surface area contributed by atoms with E-state index in [4.69, 9.17) is 8.42 Å². The van der Waals surface area contributed by atoms with Crippen LogP contribution in [0.4, 0.5) is 5.82 Å². The number of hydrogen-bond acceptors (Lipinski definition) is 5. The molecule has 0 aliphatic carbocycles. The number of nitrogens with zero attached hydrogens (tertiary/aromatic N) is 2. The van der Waals surface area contributed by atoms with Crippen LogP contribution in [-0.2, 0) is 10.9 Å². The van der Waals surface area contributed by atoms with E-state index in [-0.39, 0.29) is 5.82 Å². The first-order valence-corrected chi connectivity index (χ1v) is 5.07. The molecule has 0 fully saturated rings. The van der Waals surface area contributed by atoms with E-state index in [1.165, 1.54) is 6.07 Å². The summed E-state index contributed by atoms with van der Waals surface area (Å²) in [6.07, 6.45) is 0. The zero-order valence-corrected chi connectivity index (χ0v) is 9.10. The molecule has 0 atom stereocenters. The SMILES string of the molecule is Cc1ccc([N+](=O)[O-])nc1C.N[SH](=O)=O. The standard InChI is InChI=1S/C7H8N2O2.H3NO2S/c1-5-3-4-7(9(10)11)8-6(5)2;1-4(2)3/h3-4H,1-2H3;4H,(H2,1,2,3). The zero-order chi connectivity index (χ0) is 12.0. The molecule has 0 saturated heterocycles. The summed E-state index contributed by atoms with van der Waals surface area (Å²) in [4.78, 5) is 13.5. The second-order valence-corrected chi connectivity index (χ2v) is 3.18. The molecule has 1 aromatic rings. The number of nitro groups is 1. The maximum absolute atomic E-state index is 10.2. The molecule has 84 valence electrons. The lowest BCUT2D eigenvalue weighted by molar-refractivity contribution is -0.389. The number of nitrogens with two attached hydrogens (primary N) is 1. The van der Waals surface area contributed by atoms with Crippen LogP contribution in [0.1, 0.15) is 11.3 Å². The van der Waals surface area contributed by atoms with E-state index in [0.29, 0.717) is 5.69 Å². The number of rotatable bonds is 1. The Morgan fingerprint density at radius 1 is 1.40 bits per heavy atom. The Balaban J connectivity index is 0.000000423. The highest BCUT2D eigenvalue weighted by molar-refractivity contribution is 7.69. The van der Waals surface area contributed by atoms with E-state index in [0.717, 1.165) is 5.56 Å². The maximum Gasteiger partial charge on any atom is 0.363 e. The van der Waals surface area contributed by atoms with Crippen LogP contribution >= 0.6 is 0 Å². The molecule has 1 heterocycles. The summed E-state index contributed by atoms with van der Waals surface area (Å²) in [5.74, 6) is -0.0897. The first-order chi connectivity index (χ1) is 6.84. The minimum absolute atomic E-state index is 0.0897. The summed E-state index contributed by atoms with van der Waals surface area (Å²) < 4.78 is 17.6. The molecule has 1 rings (SSSR count). The van der Waals surface area contributed by atoms with Crippen LogP contribution < -0.4 is 5.14 Å². The van der Waals surface area contributed by atoms with Crippen molar-refractivity contribution < 1.29 is 13.3 Å². The van der Waals surface area contributed by atoms with Crippen LogP contribution in [0.3, 0.4) is 0 Å². The molecule has 1 aromatic heterocycles. The van der Waals surface area contributed by atoms with Gasteiger partial charge in [0.25, 0.3) is 0 Å².